The summed E-state index contributed by atoms with van der Waals surface area (Å²) in [5.41, 5.74) is -0.609. The molecule has 0 heterocycles. The molecule has 102 valence electrons. The molecule has 18 heavy (non-hydrogen) atoms. The molecule has 0 radical (unpaired) electrons. The predicted octanol–water partition coefficient (Wildman–Crippen LogP) is 4.30. The molecule has 0 bridgehead atoms. The highest BCUT2D eigenvalue weighted by molar-refractivity contribution is 9.08. The summed E-state index contributed by atoms with van der Waals surface area (Å²) in [6, 6.07) is 3.57. The maximum Gasteiger partial charge on any atom is 0.416 e. The number of rotatable bonds is 4. The maximum atomic E-state index is 12.8. The van der Waals surface area contributed by atoms with Crippen molar-refractivity contribution in [3.63, 3.8) is 0 Å². The van der Waals surface area contributed by atoms with Gasteiger partial charge < -0.3 is 4.90 Å². The third-order valence-electron chi connectivity index (χ3n) is 2.40. The van der Waals surface area contributed by atoms with Gasteiger partial charge in [-0.3, -0.25) is 0 Å². The lowest BCUT2D eigenvalue weighted by atomic mass is 10.1. The zero-order valence-electron chi connectivity index (χ0n) is 9.44. The molecule has 0 fully saturated rings. The Hall–Kier alpha value is -0.850. The molecule has 0 aliphatic carbocycles. The molecule has 0 spiro atoms. The Labute approximate surface area is 110 Å². The van der Waals surface area contributed by atoms with Gasteiger partial charge in [-0.05, 0) is 17.7 Å². The lowest BCUT2D eigenvalue weighted by Gasteiger charge is -2.21. The average Bonchev–Trinajstić information content (AvgIpc) is 2.26. The van der Waals surface area contributed by atoms with E-state index < -0.39 is 24.7 Å². The average molecular weight is 332 g/mol. The van der Waals surface area contributed by atoms with Gasteiger partial charge in [-0.15, -0.1) is 0 Å². The molecule has 0 saturated heterocycles. The molecule has 1 aromatic carbocycles. The van der Waals surface area contributed by atoms with Gasteiger partial charge in [0.25, 0.3) is 6.43 Å². The fourth-order valence-electron chi connectivity index (χ4n) is 1.49. The molecule has 0 aliphatic rings. The molecular weight excluding hydrogens is 321 g/mol. The van der Waals surface area contributed by atoms with Crippen LogP contribution in [-0.2, 0) is 11.5 Å². The Balaban J connectivity index is 3.10. The van der Waals surface area contributed by atoms with Crippen LogP contribution in [-0.4, -0.2) is 20.0 Å². The van der Waals surface area contributed by atoms with E-state index in [4.69, 9.17) is 0 Å². The number of hydrogen-bond donors (Lipinski definition) is 0. The van der Waals surface area contributed by atoms with E-state index in [-0.39, 0.29) is 16.6 Å². The van der Waals surface area contributed by atoms with Crippen molar-refractivity contribution in [3.8, 4) is 0 Å². The minimum Gasteiger partial charge on any atom is -0.369 e. The van der Waals surface area contributed by atoms with Crippen molar-refractivity contribution in [2.75, 3.05) is 18.5 Å². The van der Waals surface area contributed by atoms with Gasteiger partial charge in [-0.25, -0.2) is 8.78 Å². The van der Waals surface area contributed by atoms with Crippen LogP contribution < -0.4 is 4.90 Å². The van der Waals surface area contributed by atoms with Gasteiger partial charge in [-0.1, -0.05) is 22.0 Å². The Morgan fingerprint density at radius 2 is 1.89 bits per heavy atom. The maximum absolute atomic E-state index is 12.8. The summed E-state index contributed by atoms with van der Waals surface area (Å²) in [4.78, 5) is 1.10. The Morgan fingerprint density at radius 3 is 2.33 bits per heavy atom. The highest BCUT2D eigenvalue weighted by atomic mass is 79.9. The topological polar surface area (TPSA) is 3.24 Å². The number of halogens is 6. The van der Waals surface area contributed by atoms with E-state index in [0.29, 0.717) is 0 Å². The predicted molar refractivity (Wildman–Crippen MR) is 63.3 cm³/mol. The molecule has 0 atom stereocenters. The van der Waals surface area contributed by atoms with Gasteiger partial charge in [0, 0.05) is 18.1 Å². The Bertz CT molecular complexity index is 405. The van der Waals surface area contributed by atoms with E-state index in [2.05, 4.69) is 15.9 Å². The lowest BCUT2D eigenvalue weighted by molar-refractivity contribution is -0.138. The van der Waals surface area contributed by atoms with Crippen molar-refractivity contribution in [1.82, 2.24) is 0 Å². The van der Waals surface area contributed by atoms with Gasteiger partial charge in [0.1, 0.15) is 0 Å². The van der Waals surface area contributed by atoms with Crippen molar-refractivity contribution in [2.45, 2.75) is 17.9 Å². The zero-order valence-corrected chi connectivity index (χ0v) is 11.0. The second kappa shape index (κ2) is 5.86. The van der Waals surface area contributed by atoms with Gasteiger partial charge >= 0.3 is 6.18 Å². The van der Waals surface area contributed by atoms with E-state index in [9.17, 15) is 22.0 Å². The van der Waals surface area contributed by atoms with Crippen LogP contribution in [0.4, 0.5) is 27.6 Å². The minimum atomic E-state index is -4.50. The molecule has 1 rings (SSSR count). The van der Waals surface area contributed by atoms with E-state index in [1.165, 1.54) is 19.2 Å². The lowest BCUT2D eigenvalue weighted by Crippen LogP contribution is -2.24. The van der Waals surface area contributed by atoms with Crippen molar-refractivity contribution in [2.24, 2.45) is 0 Å². The second-order valence-corrected chi connectivity index (χ2v) is 4.31. The van der Waals surface area contributed by atoms with Gasteiger partial charge in [0.15, 0.2) is 0 Å². The van der Waals surface area contributed by atoms with Crippen LogP contribution in [0.25, 0.3) is 0 Å². The molecular formula is C11H11BrF5N. The Kier molecular flexibility index (Phi) is 4.95. The molecule has 0 aromatic heterocycles. The molecule has 0 N–H and O–H groups in total. The third kappa shape index (κ3) is 3.83. The summed E-state index contributed by atoms with van der Waals surface area (Å²) in [5, 5.41) is 0.0562. The molecule has 7 heteroatoms. The molecule has 0 saturated carbocycles. The van der Waals surface area contributed by atoms with Crippen LogP contribution in [0, 0.1) is 0 Å². The first kappa shape index (κ1) is 15.2. The molecule has 1 aromatic rings. The third-order valence-corrected chi connectivity index (χ3v) is 3.00. The Morgan fingerprint density at radius 1 is 1.28 bits per heavy atom. The second-order valence-electron chi connectivity index (χ2n) is 3.74. The number of nitrogens with zero attached hydrogens (tertiary/aromatic N) is 1. The van der Waals surface area contributed by atoms with Gasteiger partial charge in [0.2, 0.25) is 0 Å². The normalized spacial score (nSPS) is 12.0. The smallest absolute Gasteiger partial charge is 0.369 e. The summed E-state index contributed by atoms with van der Waals surface area (Å²) >= 11 is 2.97. The van der Waals surface area contributed by atoms with E-state index in [0.717, 1.165) is 11.0 Å². The SMILES string of the molecule is CN(CC(F)F)c1ccc(CBr)c(C(F)(F)F)c1. The largest absolute Gasteiger partial charge is 0.416 e. The first-order valence-corrected chi connectivity index (χ1v) is 6.13. The quantitative estimate of drug-likeness (QED) is 0.587. The summed E-state index contributed by atoms with van der Waals surface area (Å²) < 4.78 is 62.6. The highest BCUT2D eigenvalue weighted by Gasteiger charge is 2.33. The zero-order chi connectivity index (χ0) is 13.9. The molecule has 0 unspecified atom stereocenters. The first-order chi connectivity index (χ1) is 8.25. The van der Waals surface area contributed by atoms with Crippen LogP contribution in [0.15, 0.2) is 18.2 Å². The van der Waals surface area contributed by atoms with Crippen molar-refractivity contribution >= 4 is 21.6 Å². The summed E-state index contributed by atoms with van der Waals surface area (Å²) in [5.74, 6) is 0. The summed E-state index contributed by atoms with van der Waals surface area (Å²) in [7, 11) is 1.33. The van der Waals surface area contributed by atoms with Crippen LogP contribution in [0.3, 0.4) is 0 Å². The van der Waals surface area contributed by atoms with Crippen LogP contribution in [0.5, 0.6) is 0 Å². The number of alkyl halides is 6. The van der Waals surface area contributed by atoms with Crippen LogP contribution >= 0.6 is 15.9 Å². The van der Waals surface area contributed by atoms with Gasteiger partial charge in [0.05, 0.1) is 12.1 Å². The minimum absolute atomic E-state index is 0.0562. The number of hydrogen-bond acceptors (Lipinski definition) is 1. The molecule has 1 nitrogen and oxygen atoms in total. The van der Waals surface area contributed by atoms with Crippen molar-refractivity contribution in [1.29, 1.82) is 0 Å². The molecule has 0 amide bonds. The summed E-state index contributed by atoms with van der Waals surface area (Å²) in [6.07, 6.45) is -7.09. The van der Waals surface area contributed by atoms with Crippen LogP contribution in [0.2, 0.25) is 0 Å². The van der Waals surface area contributed by atoms with Crippen molar-refractivity contribution in [3.05, 3.63) is 29.3 Å². The molecule has 0 aliphatic heterocycles. The number of anilines is 1. The monoisotopic (exact) mass is 331 g/mol. The van der Waals surface area contributed by atoms with Gasteiger partial charge in [-0.2, -0.15) is 13.2 Å². The van der Waals surface area contributed by atoms with Crippen LogP contribution in [0.1, 0.15) is 11.1 Å². The van der Waals surface area contributed by atoms with Crippen molar-refractivity contribution < 1.29 is 22.0 Å². The van der Waals surface area contributed by atoms with E-state index in [1.807, 2.05) is 0 Å². The standard InChI is InChI=1S/C11H11BrF5N/c1-18(6-10(13)14)8-3-2-7(5-12)9(4-8)11(15,16)17/h2-4,10H,5-6H2,1H3. The van der Waals surface area contributed by atoms with E-state index in [1.54, 1.807) is 0 Å². The fourth-order valence-corrected chi connectivity index (χ4v) is 1.98. The number of benzene rings is 1. The highest BCUT2D eigenvalue weighted by Crippen LogP contribution is 2.35. The fraction of sp³-hybridized carbons (Fsp3) is 0.455. The summed E-state index contributed by atoms with van der Waals surface area (Å²) in [6.45, 7) is -0.606. The first-order valence-electron chi connectivity index (χ1n) is 5.01. The van der Waals surface area contributed by atoms with E-state index >= 15 is 0 Å².